The Balaban J connectivity index is 1.62. The Morgan fingerprint density at radius 2 is 1.88 bits per heavy atom. The van der Waals surface area contributed by atoms with E-state index in [1.807, 2.05) is 0 Å². The van der Waals surface area contributed by atoms with Crippen molar-refractivity contribution in [1.82, 2.24) is 5.32 Å². The van der Waals surface area contributed by atoms with Crippen LogP contribution < -0.4 is 10.2 Å². The van der Waals surface area contributed by atoms with Crippen molar-refractivity contribution in [3.05, 3.63) is 42.5 Å². The zero-order valence-corrected chi connectivity index (χ0v) is 13.2. The molecule has 1 N–H and O–H groups in total. The van der Waals surface area contributed by atoms with Crippen LogP contribution in [0.5, 0.6) is 0 Å². The van der Waals surface area contributed by atoms with Crippen molar-refractivity contribution >= 4 is 23.4 Å². The van der Waals surface area contributed by atoms with Crippen molar-refractivity contribution in [1.29, 1.82) is 0 Å². The van der Waals surface area contributed by atoms with Crippen LogP contribution in [-0.4, -0.2) is 42.1 Å². The van der Waals surface area contributed by atoms with Gasteiger partial charge in [0.2, 0.25) is 11.8 Å². The van der Waals surface area contributed by atoms with E-state index in [9.17, 15) is 27.6 Å². The molecule has 0 aliphatic carbocycles. The Bertz CT molecular complexity index is 823. The Labute approximate surface area is 145 Å². The number of hydrogen-bond acceptors (Lipinski definition) is 4. The molecule has 3 aliphatic heterocycles. The number of halogens is 3. The van der Waals surface area contributed by atoms with E-state index in [4.69, 9.17) is 4.74 Å². The van der Waals surface area contributed by atoms with E-state index in [0.717, 1.165) is 4.90 Å². The van der Waals surface area contributed by atoms with Gasteiger partial charge < -0.3 is 10.1 Å². The number of carbonyl (C=O) groups excluding carboxylic acids is 3. The van der Waals surface area contributed by atoms with Crippen molar-refractivity contribution in [2.24, 2.45) is 11.8 Å². The minimum atomic E-state index is -5.04. The van der Waals surface area contributed by atoms with E-state index in [0.29, 0.717) is 5.69 Å². The van der Waals surface area contributed by atoms with Crippen molar-refractivity contribution in [2.45, 2.75) is 17.9 Å². The van der Waals surface area contributed by atoms with Crippen LogP contribution in [0.2, 0.25) is 0 Å². The monoisotopic (exact) mass is 366 g/mol. The summed E-state index contributed by atoms with van der Waals surface area (Å²) in [5, 5.41) is 1.76. The first-order chi connectivity index (χ1) is 12.2. The Morgan fingerprint density at radius 3 is 2.54 bits per heavy atom. The molecular weight excluding hydrogens is 353 g/mol. The average Bonchev–Trinajstić information content (AvgIpc) is 3.23. The highest BCUT2D eigenvalue weighted by Crippen LogP contribution is 2.52. The van der Waals surface area contributed by atoms with E-state index in [1.165, 1.54) is 6.08 Å². The summed E-state index contributed by atoms with van der Waals surface area (Å²) in [6.07, 6.45) is -2.72. The predicted octanol–water partition coefficient (Wildman–Crippen LogP) is 1.18. The third-order valence-corrected chi connectivity index (χ3v) is 4.95. The van der Waals surface area contributed by atoms with Crippen LogP contribution in [0.15, 0.2) is 42.5 Å². The third kappa shape index (κ3) is 2.27. The van der Waals surface area contributed by atoms with Gasteiger partial charge in [0.15, 0.2) is 0 Å². The molecule has 0 radical (unpaired) electrons. The maximum Gasteiger partial charge on any atom is 0.471 e. The number of carbonyl (C=O) groups is 3. The number of rotatable bonds is 3. The van der Waals surface area contributed by atoms with E-state index in [2.05, 4.69) is 0 Å². The second-order valence-corrected chi connectivity index (χ2v) is 6.43. The molecule has 2 saturated heterocycles. The van der Waals surface area contributed by atoms with Crippen LogP contribution in [0.3, 0.4) is 0 Å². The maximum atomic E-state index is 12.9. The van der Waals surface area contributed by atoms with Gasteiger partial charge in [0, 0.05) is 0 Å². The summed E-state index contributed by atoms with van der Waals surface area (Å²) in [5.41, 5.74) is -1.06. The quantitative estimate of drug-likeness (QED) is 0.644. The third-order valence-electron chi connectivity index (χ3n) is 4.95. The van der Waals surface area contributed by atoms with Gasteiger partial charge in [-0.1, -0.05) is 30.4 Å². The number of hydrogen-bond donors (Lipinski definition) is 1. The molecular formula is C17H13F3N2O4. The van der Waals surface area contributed by atoms with E-state index in [-0.39, 0.29) is 0 Å². The molecule has 4 atom stereocenters. The molecule has 9 heteroatoms. The lowest BCUT2D eigenvalue weighted by Gasteiger charge is -2.29. The SMILES string of the molecule is O=C1[C@@H]2[C@H]3C=C[C@@](CNC(=O)C(F)(F)F)(O3)[C@H]2C(=O)N1c1ccccc1. The number of nitrogens with one attached hydrogen (secondary N) is 1. The summed E-state index contributed by atoms with van der Waals surface area (Å²) in [7, 11) is 0. The fraction of sp³-hybridized carbons (Fsp3) is 0.353. The number of benzene rings is 1. The molecule has 3 amide bonds. The summed E-state index contributed by atoms with van der Waals surface area (Å²) in [5.74, 6) is -4.90. The number of anilines is 1. The van der Waals surface area contributed by atoms with Crippen LogP contribution in [-0.2, 0) is 19.1 Å². The van der Waals surface area contributed by atoms with Crippen LogP contribution in [0.1, 0.15) is 0 Å². The molecule has 1 aromatic rings. The van der Waals surface area contributed by atoms with Crippen molar-refractivity contribution in [3.63, 3.8) is 0 Å². The highest BCUT2D eigenvalue weighted by Gasteiger charge is 2.68. The molecule has 2 fully saturated rings. The second kappa shape index (κ2) is 5.41. The van der Waals surface area contributed by atoms with Crippen LogP contribution in [0.25, 0.3) is 0 Å². The fourth-order valence-electron chi connectivity index (χ4n) is 3.86. The van der Waals surface area contributed by atoms with Gasteiger partial charge in [-0.15, -0.1) is 0 Å². The minimum Gasteiger partial charge on any atom is -0.360 e. The standard InChI is InChI=1S/C17H13F3N2O4/c18-17(19,20)15(25)21-8-16-7-6-10(26-16)11-12(16)14(24)22(13(11)23)9-4-2-1-3-5-9/h1-7,10-12H,8H2,(H,21,25)/t10-,11-,12-,16+/m1/s1. The number of nitrogens with zero attached hydrogens (tertiary/aromatic N) is 1. The molecule has 6 nitrogen and oxygen atoms in total. The minimum absolute atomic E-state index is 0.394. The molecule has 26 heavy (non-hydrogen) atoms. The lowest BCUT2D eigenvalue weighted by molar-refractivity contribution is -0.174. The van der Waals surface area contributed by atoms with Gasteiger partial charge in [-0.3, -0.25) is 14.4 Å². The Morgan fingerprint density at radius 1 is 1.19 bits per heavy atom. The second-order valence-electron chi connectivity index (χ2n) is 6.43. The van der Waals surface area contributed by atoms with Gasteiger partial charge in [0.25, 0.3) is 0 Å². The zero-order chi connectivity index (χ0) is 18.7. The molecule has 2 bridgehead atoms. The molecule has 136 valence electrons. The Kier molecular flexibility index (Phi) is 3.49. The topological polar surface area (TPSA) is 75.7 Å². The first kappa shape index (κ1) is 16.8. The number of para-hydroxylation sites is 1. The van der Waals surface area contributed by atoms with Crippen LogP contribution in [0, 0.1) is 11.8 Å². The fourth-order valence-corrected chi connectivity index (χ4v) is 3.86. The predicted molar refractivity (Wildman–Crippen MR) is 81.7 cm³/mol. The molecule has 0 aromatic heterocycles. The molecule has 3 aliphatic rings. The molecule has 3 heterocycles. The van der Waals surface area contributed by atoms with E-state index < -0.39 is 54.0 Å². The van der Waals surface area contributed by atoms with Crippen LogP contribution >= 0.6 is 0 Å². The van der Waals surface area contributed by atoms with E-state index in [1.54, 1.807) is 41.7 Å². The summed E-state index contributed by atoms with van der Waals surface area (Å²) in [6, 6.07) is 8.29. The smallest absolute Gasteiger partial charge is 0.360 e. The largest absolute Gasteiger partial charge is 0.471 e. The van der Waals surface area contributed by atoms with Gasteiger partial charge in [-0.25, -0.2) is 4.90 Å². The molecule has 4 rings (SSSR count). The first-order valence-corrected chi connectivity index (χ1v) is 7.90. The maximum absolute atomic E-state index is 12.9. The van der Waals surface area contributed by atoms with E-state index >= 15 is 0 Å². The lowest BCUT2D eigenvalue weighted by Crippen LogP contribution is -2.51. The highest BCUT2D eigenvalue weighted by atomic mass is 19.4. The summed E-state index contributed by atoms with van der Waals surface area (Å²) >= 11 is 0. The average molecular weight is 366 g/mol. The zero-order valence-electron chi connectivity index (χ0n) is 13.2. The van der Waals surface area contributed by atoms with Crippen molar-refractivity contribution in [3.8, 4) is 0 Å². The Hall–Kier alpha value is -2.68. The van der Waals surface area contributed by atoms with Gasteiger partial charge in [-0.2, -0.15) is 13.2 Å². The first-order valence-electron chi connectivity index (χ1n) is 7.90. The van der Waals surface area contributed by atoms with Crippen molar-refractivity contribution in [2.75, 3.05) is 11.4 Å². The molecule has 1 aromatic carbocycles. The lowest BCUT2D eigenvalue weighted by atomic mass is 9.77. The normalized spacial score (nSPS) is 32.3. The number of alkyl halides is 3. The van der Waals surface area contributed by atoms with Gasteiger partial charge in [0.1, 0.15) is 5.60 Å². The number of imide groups is 1. The van der Waals surface area contributed by atoms with Gasteiger partial charge in [-0.05, 0) is 12.1 Å². The van der Waals surface area contributed by atoms with Crippen molar-refractivity contribution < 1.29 is 32.3 Å². The number of ether oxygens (including phenoxy) is 1. The summed E-state index contributed by atoms with van der Waals surface area (Å²) in [6.45, 7) is -0.541. The molecule has 0 unspecified atom stereocenters. The highest BCUT2D eigenvalue weighted by molar-refractivity contribution is 6.23. The van der Waals surface area contributed by atoms with Crippen LogP contribution in [0.4, 0.5) is 18.9 Å². The number of amides is 3. The number of fused-ring (bicyclic) bond motifs is 5. The van der Waals surface area contributed by atoms with Gasteiger partial charge in [0.05, 0.1) is 30.2 Å². The van der Waals surface area contributed by atoms with Gasteiger partial charge >= 0.3 is 12.1 Å². The molecule has 0 saturated carbocycles. The summed E-state index contributed by atoms with van der Waals surface area (Å²) in [4.78, 5) is 37.8. The molecule has 0 spiro atoms. The summed E-state index contributed by atoms with van der Waals surface area (Å²) < 4.78 is 43.0.